The number of carbonyl (C=O) groups excluding carboxylic acids is 1. The van der Waals surface area contributed by atoms with Crippen molar-refractivity contribution in [1.29, 1.82) is 0 Å². The number of hydrogen-bond donors (Lipinski definition) is 0. The van der Waals surface area contributed by atoms with Crippen LogP contribution in [0.15, 0.2) is 23.3 Å². The first-order chi connectivity index (χ1) is 8.27. The summed E-state index contributed by atoms with van der Waals surface area (Å²) in [6, 6.07) is 0. The fourth-order valence-electron chi connectivity index (χ4n) is 4.51. The van der Waals surface area contributed by atoms with Gasteiger partial charge < -0.3 is 4.74 Å². The average molecular weight is 230 g/mol. The molecule has 0 aromatic carbocycles. The molecule has 90 valence electrons. The monoisotopic (exact) mass is 230 g/mol. The highest BCUT2D eigenvalue weighted by molar-refractivity contribution is 5.98. The van der Waals surface area contributed by atoms with E-state index in [2.05, 4.69) is 19.1 Å². The van der Waals surface area contributed by atoms with Crippen LogP contribution in [0.2, 0.25) is 0 Å². The summed E-state index contributed by atoms with van der Waals surface area (Å²) in [5, 5.41) is 0. The predicted molar refractivity (Wildman–Crippen MR) is 64.4 cm³/mol. The van der Waals surface area contributed by atoms with Crippen LogP contribution in [0.1, 0.15) is 32.6 Å². The Kier molecular flexibility index (Phi) is 1.97. The molecule has 2 heteroatoms. The average Bonchev–Trinajstić information content (AvgIpc) is 2.79. The van der Waals surface area contributed by atoms with Crippen LogP contribution >= 0.6 is 0 Å². The molecule has 0 unspecified atom stereocenters. The lowest BCUT2D eigenvalue weighted by atomic mass is 9.61. The molecule has 5 atom stereocenters. The standard InChI is InChI=1S/C15H18O2/c1-8-13-9-4-2-5-10(9)15(17-8)11-6-3-7-12(16)14(11)13/h2,5,8-10,13,15H,3-4,6-7H2,1H3/t8-,9+,10+,13+,15-/m1/s1. The summed E-state index contributed by atoms with van der Waals surface area (Å²) >= 11 is 0. The molecule has 3 aliphatic carbocycles. The van der Waals surface area contributed by atoms with Crippen LogP contribution in [0.4, 0.5) is 0 Å². The summed E-state index contributed by atoms with van der Waals surface area (Å²) in [6.45, 7) is 2.15. The van der Waals surface area contributed by atoms with E-state index in [4.69, 9.17) is 4.74 Å². The van der Waals surface area contributed by atoms with Crippen LogP contribution in [-0.2, 0) is 9.53 Å². The largest absolute Gasteiger partial charge is 0.370 e. The van der Waals surface area contributed by atoms with Crippen molar-refractivity contribution in [2.75, 3.05) is 0 Å². The Morgan fingerprint density at radius 1 is 1.35 bits per heavy atom. The van der Waals surface area contributed by atoms with E-state index < -0.39 is 0 Å². The van der Waals surface area contributed by atoms with Gasteiger partial charge in [0.2, 0.25) is 0 Å². The first-order valence-electron chi connectivity index (χ1n) is 6.85. The number of carbonyl (C=O) groups is 1. The fraction of sp³-hybridized carbons (Fsp3) is 0.667. The van der Waals surface area contributed by atoms with Crippen molar-refractivity contribution in [3.63, 3.8) is 0 Å². The van der Waals surface area contributed by atoms with E-state index in [-0.39, 0.29) is 12.2 Å². The third-order valence-corrected chi connectivity index (χ3v) is 5.11. The number of ether oxygens (including phenoxy) is 1. The molecule has 2 heterocycles. The minimum Gasteiger partial charge on any atom is -0.370 e. The summed E-state index contributed by atoms with van der Waals surface area (Å²) < 4.78 is 6.16. The molecule has 17 heavy (non-hydrogen) atoms. The van der Waals surface area contributed by atoms with Gasteiger partial charge in [0.15, 0.2) is 5.78 Å². The third-order valence-electron chi connectivity index (χ3n) is 5.11. The first kappa shape index (κ1) is 10.1. The molecule has 1 fully saturated rings. The summed E-state index contributed by atoms with van der Waals surface area (Å²) in [7, 11) is 0. The SMILES string of the molecule is C[C@H]1O[C@H]2C3=C(C(=O)CCC3)[C@@H]1[C@H]1CC=C[C@@H]12. The van der Waals surface area contributed by atoms with Gasteiger partial charge in [-0.15, -0.1) is 0 Å². The van der Waals surface area contributed by atoms with E-state index >= 15 is 0 Å². The van der Waals surface area contributed by atoms with Crippen molar-refractivity contribution in [2.24, 2.45) is 17.8 Å². The molecular formula is C15H18O2. The zero-order chi connectivity index (χ0) is 11.6. The second-order valence-corrected chi connectivity index (χ2v) is 5.91. The lowest BCUT2D eigenvalue weighted by Crippen LogP contribution is -2.53. The summed E-state index contributed by atoms with van der Waals surface area (Å²) in [4.78, 5) is 12.2. The van der Waals surface area contributed by atoms with Crippen molar-refractivity contribution in [1.82, 2.24) is 0 Å². The predicted octanol–water partition coefficient (Wildman–Crippen LogP) is 2.65. The van der Waals surface area contributed by atoms with E-state index in [1.807, 2.05) is 0 Å². The lowest BCUT2D eigenvalue weighted by molar-refractivity contribution is -0.132. The van der Waals surface area contributed by atoms with E-state index in [1.165, 1.54) is 11.1 Å². The molecule has 0 aromatic rings. The van der Waals surface area contributed by atoms with Crippen molar-refractivity contribution < 1.29 is 9.53 Å². The van der Waals surface area contributed by atoms with Gasteiger partial charge in [0.1, 0.15) is 0 Å². The van der Waals surface area contributed by atoms with Crippen LogP contribution < -0.4 is 0 Å². The van der Waals surface area contributed by atoms with E-state index in [0.29, 0.717) is 23.5 Å². The van der Waals surface area contributed by atoms with Gasteiger partial charge in [0.05, 0.1) is 12.2 Å². The summed E-state index contributed by atoms with van der Waals surface area (Å²) in [5.74, 6) is 2.00. The maximum absolute atomic E-state index is 12.2. The zero-order valence-electron chi connectivity index (χ0n) is 10.2. The second kappa shape index (κ2) is 3.32. The van der Waals surface area contributed by atoms with Crippen LogP contribution in [0, 0.1) is 17.8 Å². The maximum Gasteiger partial charge on any atom is 0.159 e. The molecule has 2 bridgehead atoms. The molecule has 1 saturated heterocycles. The molecule has 5 aliphatic rings. The van der Waals surface area contributed by atoms with Gasteiger partial charge in [-0.05, 0) is 37.7 Å². The van der Waals surface area contributed by atoms with Crippen LogP contribution in [0.3, 0.4) is 0 Å². The van der Waals surface area contributed by atoms with Gasteiger partial charge in [0.25, 0.3) is 0 Å². The molecule has 2 nitrogen and oxygen atoms in total. The van der Waals surface area contributed by atoms with Gasteiger partial charge in [-0.1, -0.05) is 12.2 Å². The lowest BCUT2D eigenvalue weighted by Gasteiger charge is -2.52. The van der Waals surface area contributed by atoms with Crippen molar-refractivity contribution in [3.05, 3.63) is 23.3 Å². The molecule has 2 aliphatic heterocycles. The number of Topliss-reactive ketones (excluding diaryl/α,β-unsaturated/α-hetero) is 1. The van der Waals surface area contributed by atoms with Gasteiger partial charge in [-0.3, -0.25) is 4.79 Å². The maximum atomic E-state index is 12.2. The van der Waals surface area contributed by atoms with Crippen molar-refractivity contribution in [3.8, 4) is 0 Å². The van der Waals surface area contributed by atoms with Crippen molar-refractivity contribution >= 4 is 5.78 Å². The second-order valence-electron chi connectivity index (χ2n) is 5.91. The Morgan fingerprint density at radius 3 is 3.12 bits per heavy atom. The van der Waals surface area contributed by atoms with E-state index in [1.54, 1.807) is 0 Å². The highest BCUT2D eigenvalue weighted by atomic mass is 16.5. The van der Waals surface area contributed by atoms with Gasteiger partial charge >= 0.3 is 0 Å². The van der Waals surface area contributed by atoms with Crippen molar-refractivity contribution in [2.45, 2.75) is 44.8 Å². The smallest absolute Gasteiger partial charge is 0.159 e. The Morgan fingerprint density at radius 2 is 2.24 bits per heavy atom. The molecule has 0 N–H and O–H groups in total. The molecule has 0 aromatic heterocycles. The molecular weight excluding hydrogens is 212 g/mol. The van der Waals surface area contributed by atoms with Gasteiger partial charge in [0, 0.05) is 23.8 Å². The van der Waals surface area contributed by atoms with Gasteiger partial charge in [-0.2, -0.15) is 0 Å². The number of hydrogen-bond acceptors (Lipinski definition) is 2. The molecule has 0 radical (unpaired) electrons. The summed E-state index contributed by atoms with van der Waals surface area (Å²) in [6.07, 6.45) is 9.10. The fourth-order valence-corrected chi connectivity index (χ4v) is 4.51. The molecule has 0 spiro atoms. The topological polar surface area (TPSA) is 26.3 Å². The Labute approximate surface area is 102 Å². The minimum absolute atomic E-state index is 0.220. The highest BCUT2D eigenvalue weighted by Crippen LogP contribution is 2.54. The van der Waals surface area contributed by atoms with Crippen LogP contribution in [0.25, 0.3) is 0 Å². The normalized spacial score (nSPS) is 47.4. The van der Waals surface area contributed by atoms with Gasteiger partial charge in [-0.25, -0.2) is 0 Å². The van der Waals surface area contributed by atoms with E-state index in [0.717, 1.165) is 25.7 Å². The third kappa shape index (κ3) is 1.17. The number of fused-ring (bicyclic) bond motifs is 1. The van der Waals surface area contributed by atoms with Crippen LogP contribution in [0.5, 0.6) is 0 Å². The molecule has 5 rings (SSSR count). The number of allylic oxidation sites excluding steroid dienone is 1. The highest BCUT2D eigenvalue weighted by Gasteiger charge is 2.53. The summed E-state index contributed by atoms with van der Waals surface area (Å²) in [5.41, 5.74) is 2.54. The van der Waals surface area contributed by atoms with E-state index in [9.17, 15) is 4.79 Å². The Bertz CT molecular complexity index is 446. The Hall–Kier alpha value is -0.890. The molecule has 0 amide bonds. The van der Waals surface area contributed by atoms with Crippen LogP contribution in [-0.4, -0.2) is 18.0 Å². The molecule has 0 saturated carbocycles. The number of ketones is 1. The first-order valence-corrected chi connectivity index (χ1v) is 6.85. The Balaban J connectivity index is 1.87. The number of rotatable bonds is 0. The minimum atomic E-state index is 0.220. The quantitative estimate of drug-likeness (QED) is 0.598. The zero-order valence-corrected chi connectivity index (χ0v) is 10.2.